The number of furan rings is 1. The molecule has 4 nitrogen and oxygen atoms in total. The third-order valence-corrected chi connectivity index (χ3v) is 4.10. The number of nitrogen functional groups attached to an aromatic ring is 1. The van der Waals surface area contributed by atoms with Crippen LogP contribution in [0, 0.1) is 0 Å². The quantitative estimate of drug-likeness (QED) is 0.425. The van der Waals surface area contributed by atoms with Crippen LogP contribution in [0.2, 0.25) is 0 Å². The third-order valence-electron chi connectivity index (χ3n) is 4.10. The first-order valence-electron chi connectivity index (χ1n) is 7.84. The van der Waals surface area contributed by atoms with Gasteiger partial charge in [-0.3, -0.25) is 4.79 Å². The van der Waals surface area contributed by atoms with Crippen molar-refractivity contribution in [1.29, 1.82) is 0 Å². The first kappa shape index (κ1) is 15.0. The van der Waals surface area contributed by atoms with Crippen molar-refractivity contribution in [2.75, 3.05) is 5.73 Å². The Kier molecular flexibility index (Phi) is 3.51. The number of carbonyl (C=O) groups is 1. The van der Waals surface area contributed by atoms with Gasteiger partial charge in [0.1, 0.15) is 17.1 Å². The second-order valence-corrected chi connectivity index (χ2v) is 5.80. The van der Waals surface area contributed by atoms with E-state index >= 15 is 0 Å². The van der Waals surface area contributed by atoms with Gasteiger partial charge in [-0.05, 0) is 42.5 Å². The van der Waals surface area contributed by atoms with Crippen molar-refractivity contribution in [3.8, 4) is 17.1 Å². The molecular formula is C21H15NO3. The minimum absolute atomic E-state index is 0.115. The van der Waals surface area contributed by atoms with Crippen LogP contribution in [-0.2, 0) is 0 Å². The standard InChI is InChI=1S/C21H15NO3/c22-15-5-3-4-14(12-15)21-19(17-6-1-2-7-18(17)25-21)20(24)13-8-10-16(23)11-9-13/h1-12,23H,22H2. The molecule has 0 saturated heterocycles. The summed E-state index contributed by atoms with van der Waals surface area (Å²) >= 11 is 0. The molecule has 4 rings (SSSR count). The fourth-order valence-electron chi connectivity index (χ4n) is 2.91. The van der Waals surface area contributed by atoms with Crippen molar-refractivity contribution in [2.45, 2.75) is 0 Å². The maximum atomic E-state index is 13.1. The third kappa shape index (κ3) is 2.64. The number of phenols is 1. The monoisotopic (exact) mass is 329 g/mol. The number of phenolic OH excluding ortho intramolecular Hbond substituents is 1. The maximum Gasteiger partial charge on any atom is 0.197 e. The summed E-state index contributed by atoms with van der Waals surface area (Å²) in [7, 11) is 0. The Morgan fingerprint density at radius 1 is 0.920 bits per heavy atom. The van der Waals surface area contributed by atoms with Crippen LogP contribution in [0.1, 0.15) is 15.9 Å². The molecule has 0 unspecified atom stereocenters. The normalized spacial score (nSPS) is 10.9. The number of fused-ring (bicyclic) bond motifs is 1. The summed E-state index contributed by atoms with van der Waals surface area (Å²) < 4.78 is 5.98. The molecule has 25 heavy (non-hydrogen) atoms. The van der Waals surface area contributed by atoms with Crippen LogP contribution in [0.15, 0.2) is 77.2 Å². The number of nitrogens with two attached hydrogens (primary N) is 1. The molecule has 0 aliphatic carbocycles. The van der Waals surface area contributed by atoms with Crippen molar-refractivity contribution >= 4 is 22.4 Å². The Labute approximate surface area is 144 Å². The summed E-state index contributed by atoms with van der Waals surface area (Å²) in [5.41, 5.74) is 8.85. The molecule has 0 saturated carbocycles. The molecule has 0 amide bonds. The van der Waals surface area contributed by atoms with Crippen LogP contribution in [0.3, 0.4) is 0 Å². The zero-order valence-corrected chi connectivity index (χ0v) is 13.3. The second-order valence-electron chi connectivity index (χ2n) is 5.80. The van der Waals surface area contributed by atoms with Crippen LogP contribution < -0.4 is 5.73 Å². The lowest BCUT2D eigenvalue weighted by Gasteiger charge is -2.04. The van der Waals surface area contributed by atoms with Gasteiger partial charge in [-0.25, -0.2) is 0 Å². The highest BCUT2D eigenvalue weighted by molar-refractivity contribution is 6.19. The van der Waals surface area contributed by atoms with Crippen LogP contribution in [-0.4, -0.2) is 10.9 Å². The molecule has 4 heteroatoms. The highest BCUT2D eigenvalue weighted by Gasteiger charge is 2.23. The van der Waals surface area contributed by atoms with Crippen LogP contribution >= 0.6 is 0 Å². The van der Waals surface area contributed by atoms with E-state index in [2.05, 4.69) is 0 Å². The van der Waals surface area contributed by atoms with Crippen LogP contribution in [0.25, 0.3) is 22.3 Å². The molecule has 4 aromatic rings. The summed E-state index contributed by atoms with van der Waals surface area (Å²) in [6.07, 6.45) is 0. The molecule has 1 aromatic heterocycles. The minimum Gasteiger partial charge on any atom is -0.508 e. The average Bonchev–Trinajstić information content (AvgIpc) is 3.01. The zero-order valence-electron chi connectivity index (χ0n) is 13.3. The molecule has 0 aliphatic rings. The smallest absolute Gasteiger partial charge is 0.197 e. The molecule has 3 N–H and O–H groups in total. The van der Waals surface area contributed by atoms with E-state index in [1.165, 1.54) is 12.1 Å². The van der Waals surface area contributed by atoms with Gasteiger partial charge in [0, 0.05) is 22.2 Å². The predicted molar refractivity (Wildman–Crippen MR) is 97.6 cm³/mol. The van der Waals surface area contributed by atoms with E-state index in [4.69, 9.17) is 10.2 Å². The lowest BCUT2D eigenvalue weighted by molar-refractivity contribution is 0.104. The van der Waals surface area contributed by atoms with E-state index in [1.54, 1.807) is 24.3 Å². The van der Waals surface area contributed by atoms with Gasteiger partial charge in [-0.1, -0.05) is 30.3 Å². The van der Waals surface area contributed by atoms with Gasteiger partial charge in [0.2, 0.25) is 0 Å². The van der Waals surface area contributed by atoms with Gasteiger partial charge in [0.25, 0.3) is 0 Å². The summed E-state index contributed by atoms with van der Waals surface area (Å²) in [4.78, 5) is 13.1. The van der Waals surface area contributed by atoms with Gasteiger partial charge in [-0.15, -0.1) is 0 Å². The number of para-hydroxylation sites is 1. The number of carbonyl (C=O) groups excluding carboxylic acids is 1. The molecule has 0 radical (unpaired) electrons. The Balaban J connectivity index is 1.96. The first-order chi connectivity index (χ1) is 12.1. The van der Waals surface area contributed by atoms with Crippen molar-refractivity contribution < 1.29 is 14.3 Å². The minimum atomic E-state index is -0.164. The SMILES string of the molecule is Nc1cccc(-c2oc3ccccc3c2C(=O)c2ccc(O)cc2)c1. The highest BCUT2D eigenvalue weighted by Crippen LogP contribution is 2.35. The number of ketones is 1. The largest absolute Gasteiger partial charge is 0.508 e. The molecule has 122 valence electrons. The number of rotatable bonds is 3. The lowest BCUT2D eigenvalue weighted by atomic mass is 9.97. The zero-order chi connectivity index (χ0) is 17.4. The van der Waals surface area contributed by atoms with Crippen LogP contribution in [0.4, 0.5) is 5.69 Å². The first-order valence-corrected chi connectivity index (χ1v) is 7.84. The van der Waals surface area contributed by atoms with E-state index in [0.717, 1.165) is 10.9 Å². The van der Waals surface area contributed by atoms with Gasteiger partial charge in [0.05, 0.1) is 5.56 Å². The molecule has 0 fully saturated rings. The molecule has 0 bridgehead atoms. The average molecular weight is 329 g/mol. The van der Waals surface area contributed by atoms with E-state index in [1.807, 2.05) is 36.4 Å². The van der Waals surface area contributed by atoms with Crippen LogP contribution in [0.5, 0.6) is 5.75 Å². The molecule has 1 heterocycles. The van der Waals surface area contributed by atoms with Gasteiger partial charge in [-0.2, -0.15) is 0 Å². The summed E-state index contributed by atoms with van der Waals surface area (Å²) in [6, 6.07) is 20.9. The van der Waals surface area contributed by atoms with E-state index in [0.29, 0.717) is 28.2 Å². The van der Waals surface area contributed by atoms with Crippen molar-refractivity contribution in [3.63, 3.8) is 0 Å². The van der Waals surface area contributed by atoms with Gasteiger partial charge >= 0.3 is 0 Å². The number of benzene rings is 3. The highest BCUT2D eigenvalue weighted by atomic mass is 16.3. The Morgan fingerprint density at radius 3 is 2.44 bits per heavy atom. The second kappa shape index (κ2) is 5.83. The Morgan fingerprint density at radius 2 is 1.68 bits per heavy atom. The summed E-state index contributed by atoms with van der Waals surface area (Å²) in [6.45, 7) is 0. The van der Waals surface area contributed by atoms with Crippen molar-refractivity contribution in [2.24, 2.45) is 0 Å². The molecule has 0 atom stereocenters. The topological polar surface area (TPSA) is 76.5 Å². The molecule has 0 spiro atoms. The van der Waals surface area contributed by atoms with Crippen molar-refractivity contribution in [3.05, 3.63) is 83.9 Å². The molecule has 0 aliphatic heterocycles. The van der Waals surface area contributed by atoms with Gasteiger partial charge in [0.15, 0.2) is 5.78 Å². The Bertz CT molecular complexity index is 1080. The maximum absolute atomic E-state index is 13.1. The number of aromatic hydroxyl groups is 1. The summed E-state index contributed by atoms with van der Waals surface area (Å²) in [5.74, 6) is 0.443. The summed E-state index contributed by atoms with van der Waals surface area (Å²) in [5, 5.41) is 10.2. The number of hydrogen-bond acceptors (Lipinski definition) is 4. The number of anilines is 1. The van der Waals surface area contributed by atoms with Gasteiger partial charge < -0.3 is 15.3 Å². The Hall–Kier alpha value is -3.53. The van der Waals surface area contributed by atoms with E-state index in [9.17, 15) is 9.90 Å². The van der Waals surface area contributed by atoms with Crippen molar-refractivity contribution in [1.82, 2.24) is 0 Å². The molecular weight excluding hydrogens is 314 g/mol. The molecule has 3 aromatic carbocycles. The fraction of sp³-hybridized carbons (Fsp3) is 0. The predicted octanol–water partition coefficient (Wildman–Crippen LogP) is 4.62. The number of hydrogen-bond donors (Lipinski definition) is 2. The van der Waals surface area contributed by atoms with E-state index < -0.39 is 0 Å². The van der Waals surface area contributed by atoms with E-state index in [-0.39, 0.29) is 11.5 Å². The fourth-order valence-corrected chi connectivity index (χ4v) is 2.91. The lowest BCUT2D eigenvalue weighted by Crippen LogP contribution is -2.02.